The molecule has 0 saturated heterocycles. The van der Waals surface area contributed by atoms with Gasteiger partial charge in [-0.2, -0.15) is 16.7 Å². The molecule has 7 nitrogen and oxygen atoms in total. The van der Waals surface area contributed by atoms with E-state index in [0.29, 0.717) is 24.9 Å². The summed E-state index contributed by atoms with van der Waals surface area (Å²) in [5, 5.41) is 10.3. The van der Waals surface area contributed by atoms with Gasteiger partial charge in [-0.05, 0) is 38.7 Å². The van der Waals surface area contributed by atoms with Crippen molar-refractivity contribution in [3.05, 3.63) is 11.7 Å². The maximum atomic E-state index is 5.43. The minimum Gasteiger partial charge on any atom is -0.371 e. The predicted molar refractivity (Wildman–Crippen MR) is 90.2 cm³/mol. The molecule has 0 spiro atoms. The largest absolute Gasteiger partial charge is 0.371 e. The van der Waals surface area contributed by atoms with Crippen LogP contribution in [0, 0.1) is 0 Å². The van der Waals surface area contributed by atoms with Crippen LogP contribution in [0.4, 0.5) is 0 Å². The van der Waals surface area contributed by atoms with E-state index >= 15 is 0 Å². The van der Waals surface area contributed by atoms with Gasteiger partial charge in [-0.15, -0.1) is 0 Å². The van der Waals surface area contributed by atoms with Gasteiger partial charge in [-0.3, -0.25) is 4.99 Å². The molecule has 1 atom stereocenters. The Labute approximate surface area is 136 Å². The number of aliphatic imine (C=N–C) groups is 1. The number of hydrogen-bond donors (Lipinski definition) is 2. The lowest BCUT2D eigenvalue weighted by molar-refractivity contribution is 0.0683. The van der Waals surface area contributed by atoms with Crippen LogP contribution in [0.5, 0.6) is 0 Å². The topological polar surface area (TPSA) is 84.6 Å². The summed E-state index contributed by atoms with van der Waals surface area (Å²) in [7, 11) is 1.74. The first-order valence-corrected chi connectivity index (χ1v) is 8.98. The van der Waals surface area contributed by atoms with E-state index in [4.69, 9.17) is 9.26 Å². The molecular formula is C14H27N5O2S. The first kappa shape index (κ1) is 18.8. The highest BCUT2D eigenvalue weighted by Gasteiger charge is 2.13. The fraction of sp³-hybridized carbons (Fsp3) is 0.786. The number of hydrogen-bond acceptors (Lipinski definition) is 6. The van der Waals surface area contributed by atoms with Crippen molar-refractivity contribution in [2.45, 2.75) is 39.3 Å². The molecule has 126 valence electrons. The Bertz CT molecular complexity index is 439. The molecule has 0 amide bonds. The molecule has 0 aliphatic rings. The smallest absolute Gasteiger partial charge is 0.246 e. The third-order valence-electron chi connectivity index (χ3n) is 2.96. The van der Waals surface area contributed by atoms with Crippen molar-refractivity contribution >= 4 is 17.7 Å². The SMILES string of the molecule is CCOC(C)c1noc(CNC(=NC)NCCCCSC)n1. The van der Waals surface area contributed by atoms with E-state index in [1.54, 1.807) is 7.05 Å². The normalized spacial score (nSPS) is 13.2. The minimum atomic E-state index is -0.156. The molecule has 1 aromatic rings. The maximum absolute atomic E-state index is 5.43. The van der Waals surface area contributed by atoms with Crippen LogP contribution < -0.4 is 10.6 Å². The van der Waals surface area contributed by atoms with E-state index in [1.165, 1.54) is 12.2 Å². The highest BCUT2D eigenvalue weighted by Crippen LogP contribution is 2.12. The average Bonchev–Trinajstić information content (AvgIpc) is 2.99. The van der Waals surface area contributed by atoms with Crippen LogP contribution in [0.3, 0.4) is 0 Å². The van der Waals surface area contributed by atoms with E-state index in [1.807, 2.05) is 25.6 Å². The van der Waals surface area contributed by atoms with Crippen LogP contribution in [0.15, 0.2) is 9.52 Å². The van der Waals surface area contributed by atoms with Gasteiger partial charge in [0.05, 0.1) is 6.54 Å². The third-order valence-corrected chi connectivity index (χ3v) is 3.66. The number of ether oxygens (including phenoxy) is 1. The molecule has 1 unspecified atom stereocenters. The van der Waals surface area contributed by atoms with Gasteiger partial charge in [0.15, 0.2) is 11.8 Å². The van der Waals surface area contributed by atoms with Crippen molar-refractivity contribution in [3.8, 4) is 0 Å². The summed E-state index contributed by atoms with van der Waals surface area (Å²) < 4.78 is 10.6. The van der Waals surface area contributed by atoms with Crippen molar-refractivity contribution < 1.29 is 9.26 Å². The Morgan fingerprint density at radius 2 is 2.23 bits per heavy atom. The number of unbranched alkanes of at least 4 members (excludes halogenated alkanes) is 1. The number of guanidine groups is 1. The molecule has 1 aromatic heterocycles. The standard InChI is InChI=1S/C14H27N5O2S/c1-5-20-11(2)13-18-12(21-19-13)10-17-14(15-3)16-8-6-7-9-22-4/h11H,5-10H2,1-4H3,(H2,15,16,17). The van der Waals surface area contributed by atoms with Crippen molar-refractivity contribution in [3.63, 3.8) is 0 Å². The molecule has 8 heteroatoms. The average molecular weight is 329 g/mol. The zero-order valence-electron chi connectivity index (χ0n) is 13.9. The fourth-order valence-corrected chi connectivity index (χ4v) is 2.28. The van der Waals surface area contributed by atoms with Gasteiger partial charge in [0, 0.05) is 20.2 Å². The molecular weight excluding hydrogens is 302 g/mol. The van der Waals surface area contributed by atoms with Gasteiger partial charge >= 0.3 is 0 Å². The molecule has 0 aliphatic heterocycles. The first-order valence-electron chi connectivity index (χ1n) is 7.58. The Morgan fingerprint density at radius 3 is 2.91 bits per heavy atom. The number of rotatable bonds is 10. The van der Waals surface area contributed by atoms with Crippen molar-refractivity contribution in [2.75, 3.05) is 32.2 Å². The fourth-order valence-electron chi connectivity index (χ4n) is 1.79. The maximum Gasteiger partial charge on any atom is 0.246 e. The number of thioether (sulfide) groups is 1. The van der Waals surface area contributed by atoms with Crippen LogP contribution in [-0.4, -0.2) is 48.3 Å². The quantitative estimate of drug-likeness (QED) is 0.386. The zero-order chi connectivity index (χ0) is 16.2. The highest BCUT2D eigenvalue weighted by atomic mass is 32.2. The van der Waals surface area contributed by atoms with Crippen LogP contribution in [0.2, 0.25) is 0 Å². The second-order valence-electron chi connectivity index (χ2n) is 4.70. The molecule has 0 radical (unpaired) electrons. The summed E-state index contributed by atoms with van der Waals surface area (Å²) in [4.78, 5) is 8.47. The lowest BCUT2D eigenvalue weighted by Crippen LogP contribution is -2.37. The summed E-state index contributed by atoms with van der Waals surface area (Å²) in [6.45, 7) is 5.80. The molecule has 22 heavy (non-hydrogen) atoms. The van der Waals surface area contributed by atoms with Crippen LogP contribution in [-0.2, 0) is 11.3 Å². The summed E-state index contributed by atoms with van der Waals surface area (Å²) in [6.07, 6.45) is 4.29. The van der Waals surface area contributed by atoms with E-state index in [-0.39, 0.29) is 6.10 Å². The summed E-state index contributed by atoms with van der Waals surface area (Å²) in [6, 6.07) is 0. The molecule has 0 saturated carbocycles. The Hall–Kier alpha value is -1.28. The molecule has 0 aromatic carbocycles. The van der Waals surface area contributed by atoms with E-state index in [9.17, 15) is 0 Å². The number of aromatic nitrogens is 2. The highest BCUT2D eigenvalue weighted by molar-refractivity contribution is 7.98. The molecule has 0 aliphatic carbocycles. The lowest BCUT2D eigenvalue weighted by atomic mass is 10.3. The van der Waals surface area contributed by atoms with Crippen molar-refractivity contribution in [1.82, 2.24) is 20.8 Å². The Morgan fingerprint density at radius 1 is 1.41 bits per heavy atom. The minimum absolute atomic E-state index is 0.156. The number of nitrogens with zero attached hydrogens (tertiary/aromatic N) is 3. The van der Waals surface area contributed by atoms with Gasteiger partial charge < -0.3 is 19.9 Å². The Balaban J connectivity index is 2.31. The zero-order valence-corrected chi connectivity index (χ0v) is 14.7. The van der Waals surface area contributed by atoms with Crippen LogP contribution in [0.25, 0.3) is 0 Å². The van der Waals surface area contributed by atoms with Gasteiger partial charge in [0.1, 0.15) is 6.10 Å². The number of nitrogens with one attached hydrogen (secondary N) is 2. The summed E-state index contributed by atoms with van der Waals surface area (Å²) >= 11 is 1.87. The van der Waals surface area contributed by atoms with Gasteiger partial charge in [0.25, 0.3) is 0 Å². The van der Waals surface area contributed by atoms with E-state index in [0.717, 1.165) is 18.9 Å². The van der Waals surface area contributed by atoms with Crippen molar-refractivity contribution in [2.24, 2.45) is 4.99 Å². The van der Waals surface area contributed by atoms with Gasteiger partial charge in [-0.25, -0.2) is 0 Å². The Kier molecular flexibility index (Phi) is 9.65. The third kappa shape index (κ3) is 7.13. The van der Waals surface area contributed by atoms with Crippen LogP contribution >= 0.6 is 11.8 Å². The second kappa shape index (κ2) is 11.3. The summed E-state index contributed by atoms with van der Waals surface area (Å²) in [5.74, 6) is 3.02. The van der Waals surface area contributed by atoms with E-state index in [2.05, 4.69) is 32.0 Å². The summed E-state index contributed by atoms with van der Waals surface area (Å²) in [5.41, 5.74) is 0. The predicted octanol–water partition coefficient (Wildman–Crippen LogP) is 1.98. The van der Waals surface area contributed by atoms with Gasteiger partial charge in [-0.1, -0.05) is 5.16 Å². The molecule has 0 fully saturated rings. The monoisotopic (exact) mass is 329 g/mol. The molecule has 1 rings (SSSR count). The van der Waals surface area contributed by atoms with Crippen LogP contribution in [0.1, 0.15) is 44.5 Å². The molecule has 0 bridgehead atoms. The van der Waals surface area contributed by atoms with E-state index < -0.39 is 0 Å². The molecule has 1 heterocycles. The lowest BCUT2D eigenvalue weighted by Gasteiger charge is -2.10. The molecule has 2 N–H and O–H groups in total. The van der Waals surface area contributed by atoms with Crippen molar-refractivity contribution in [1.29, 1.82) is 0 Å². The first-order chi connectivity index (χ1) is 10.7. The van der Waals surface area contributed by atoms with Gasteiger partial charge in [0.2, 0.25) is 5.89 Å². The second-order valence-corrected chi connectivity index (χ2v) is 5.68.